The Hall–Kier alpha value is -1.16. The normalized spacial score (nSPS) is 23.1. The van der Waals surface area contributed by atoms with Crippen molar-refractivity contribution in [3.63, 3.8) is 0 Å². The third kappa shape index (κ3) is 2.26. The standard InChI is InChI=1S/C11H16FN3/c1-9-8-14(2)6-7-15(9)11-5-3-4-10(12)13-11/h3-5,9H,6-8H2,1-2H3. The number of hydrogen-bond acceptors (Lipinski definition) is 3. The quantitative estimate of drug-likeness (QED) is 0.651. The van der Waals surface area contributed by atoms with E-state index in [-0.39, 0.29) is 0 Å². The summed E-state index contributed by atoms with van der Waals surface area (Å²) in [7, 11) is 2.10. The first kappa shape index (κ1) is 10.4. The minimum absolute atomic E-state index is 0.387. The lowest BCUT2D eigenvalue weighted by Crippen LogP contribution is -2.50. The topological polar surface area (TPSA) is 19.4 Å². The highest BCUT2D eigenvalue weighted by molar-refractivity contribution is 5.39. The number of piperazine rings is 1. The Morgan fingerprint density at radius 3 is 2.87 bits per heavy atom. The Balaban J connectivity index is 2.17. The highest BCUT2D eigenvalue weighted by atomic mass is 19.1. The first-order chi connectivity index (χ1) is 7.16. The van der Waals surface area contributed by atoms with Crippen LogP contribution in [0.5, 0.6) is 0 Å². The molecule has 82 valence electrons. The van der Waals surface area contributed by atoms with Crippen molar-refractivity contribution in [1.82, 2.24) is 9.88 Å². The van der Waals surface area contributed by atoms with Crippen molar-refractivity contribution in [3.05, 3.63) is 24.1 Å². The summed E-state index contributed by atoms with van der Waals surface area (Å²) in [6.45, 7) is 5.05. The van der Waals surface area contributed by atoms with Gasteiger partial charge < -0.3 is 9.80 Å². The van der Waals surface area contributed by atoms with Gasteiger partial charge >= 0.3 is 0 Å². The molecule has 2 rings (SSSR count). The molecule has 1 aromatic rings. The summed E-state index contributed by atoms with van der Waals surface area (Å²) < 4.78 is 13.0. The molecule has 1 aromatic heterocycles. The molecular weight excluding hydrogens is 193 g/mol. The molecule has 0 N–H and O–H groups in total. The minimum Gasteiger partial charge on any atom is -0.351 e. The van der Waals surface area contributed by atoms with Crippen LogP contribution in [0.25, 0.3) is 0 Å². The van der Waals surface area contributed by atoms with E-state index in [1.54, 1.807) is 6.07 Å². The van der Waals surface area contributed by atoms with Crippen molar-refractivity contribution in [2.24, 2.45) is 0 Å². The van der Waals surface area contributed by atoms with Crippen LogP contribution < -0.4 is 4.90 Å². The maximum absolute atomic E-state index is 13.0. The van der Waals surface area contributed by atoms with Crippen molar-refractivity contribution in [2.75, 3.05) is 31.6 Å². The Morgan fingerprint density at radius 1 is 1.40 bits per heavy atom. The smallest absolute Gasteiger partial charge is 0.214 e. The third-order valence-corrected chi connectivity index (χ3v) is 2.83. The number of anilines is 1. The van der Waals surface area contributed by atoms with E-state index in [0.29, 0.717) is 6.04 Å². The molecule has 3 nitrogen and oxygen atoms in total. The second kappa shape index (κ2) is 4.14. The highest BCUT2D eigenvalue weighted by Crippen LogP contribution is 2.17. The summed E-state index contributed by atoms with van der Waals surface area (Å²) in [6.07, 6.45) is 0. The zero-order valence-electron chi connectivity index (χ0n) is 9.15. The van der Waals surface area contributed by atoms with Crippen LogP contribution >= 0.6 is 0 Å². The van der Waals surface area contributed by atoms with E-state index in [4.69, 9.17) is 0 Å². The molecule has 0 radical (unpaired) electrons. The second-order valence-electron chi connectivity index (χ2n) is 4.12. The third-order valence-electron chi connectivity index (χ3n) is 2.83. The van der Waals surface area contributed by atoms with Crippen LogP contribution in [0.3, 0.4) is 0 Å². The van der Waals surface area contributed by atoms with Crippen LogP contribution in [0, 0.1) is 5.95 Å². The molecule has 1 aliphatic rings. The largest absolute Gasteiger partial charge is 0.351 e. The molecule has 2 heterocycles. The van der Waals surface area contributed by atoms with Gasteiger partial charge in [0.05, 0.1) is 0 Å². The molecule has 0 saturated carbocycles. The fraction of sp³-hybridized carbons (Fsp3) is 0.545. The molecule has 0 spiro atoms. The zero-order chi connectivity index (χ0) is 10.8. The van der Waals surface area contributed by atoms with E-state index < -0.39 is 5.95 Å². The van der Waals surface area contributed by atoms with Gasteiger partial charge in [0, 0.05) is 25.7 Å². The number of pyridine rings is 1. The molecule has 0 bridgehead atoms. The van der Waals surface area contributed by atoms with Gasteiger partial charge in [-0.05, 0) is 26.1 Å². The van der Waals surface area contributed by atoms with Crippen LogP contribution in [0.2, 0.25) is 0 Å². The van der Waals surface area contributed by atoms with E-state index in [0.717, 1.165) is 25.5 Å². The summed E-state index contributed by atoms with van der Waals surface area (Å²) in [5.74, 6) is 0.342. The molecule has 1 aliphatic heterocycles. The van der Waals surface area contributed by atoms with E-state index in [2.05, 4.69) is 28.8 Å². The summed E-state index contributed by atoms with van der Waals surface area (Å²) in [4.78, 5) is 8.35. The molecule has 1 fully saturated rings. The summed E-state index contributed by atoms with van der Waals surface area (Å²) in [6, 6.07) is 5.34. The van der Waals surface area contributed by atoms with E-state index in [9.17, 15) is 4.39 Å². The van der Waals surface area contributed by atoms with E-state index in [1.807, 2.05) is 6.07 Å². The van der Waals surface area contributed by atoms with E-state index >= 15 is 0 Å². The van der Waals surface area contributed by atoms with Gasteiger partial charge in [-0.15, -0.1) is 0 Å². The predicted octanol–water partition coefficient (Wildman–Crippen LogP) is 1.36. The number of hydrogen-bond donors (Lipinski definition) is 0. The van der Waals surface area contributed by atoms with Gasteiger partial charge in [-0.2, -0.15) is 4.39 Å². The van der Waals surface area contributed by atoms with Crippen molar-refractivity contribution in [2.45, 2.75) is 13.0 Å². The lowest BCUT2D eigenvalue weighted by molar-refractivity contribution is 0.274. The average Bonchev–Trinajstić information content (AvgIpc) is 2.17. The first-order valence-electron chi connectivity index (χ1n) is 5.24. The fourth-order valence-corrected chi connectivity index (χ4v) is 2.04. The molecule has 4 heteroatoms. The Bertz CT molecular complexity index is 342. The van der Waals surface area contributed by atoms with E-state index in [1.165, 1.54) is 6.07 Å². The van der Waals surface area contributed by atoms with Gasteiger partial charge in [0.15, 0.2) is 0 Å². The van der Waals surface area contributed by atoms with Crippen LogP contribution in [0.4, 0.5) is 10.2 Å². The first-order valence-corrected chi connectivity index (χ1v) is 5.24. The molecule has 1 atom stereocenters. The second-order valence-corrected chi connectivity index (χ2v) is 4.12. The predicted molar refractivity (Wildman–Crippen MR) is 58.5 cm³/mol. The molecular formula is C11H16FN3. The Labute approximate surface area is 89.5 Å². The van der Waals surface area contributed by atoms with Gasteiger partial charge in [0.25, 0.3) is 0 Å². The molecule has 1 saturated heterocycles. The Morgan fingerprint density at radius 2 is 2.20 bits per heavy atom. The lowest BCUT2D eigenvalue weighted by Gasteiger charge is -2.38. The maximum Gasteiger partial charge on any atom is 0.214 e. The SMILES string of the molecule is CC1CN(C)CCN1c1cccc(F)n1. The fourth-order valence-electron chi connectivity index (χ4n) is 2.04. The minimum atomic E-state index is -0.404. The van der Waals surface area contributed by atoms with Crippen LogP contribution in [-0.2, 0) is 0 Å². The number of halogens is 1. The Kier molecular flexibility index (Phi) is 2.86. The summed E-state index contributed by atoms with van der Waals surface area (Å²) >= 11 is 0. The van der Waals surface area contributed by atoms with Crippen LogP contribution in [0.1, 0.15) is 6.92 Å². The van der Waals surface area contributed by atoms with Gasteiger partial charge in [-0.3, -0.25) is 0 Å². The average molecular weight is 209 g/mol. The highest BCUT2D eigenvalue weighted by Gasteiger charge is 2.22. The van der Waals surface area contributed by atoms with Crippen LogP contribution in [-0.4, -0.2) is 42.6 Å². The van der Waals surface area contributed by atoms with Crippen LogP contribution in [0.15, 0.2) is 18.2 Å². The molecule has 1 unspecified atom stereocenters. The lowest BCUT2D eigenvalue weighted by atomic mass is 10.2. The van der Waals surface area contributed by atoms with Crippen molar-refractivity contribution < 1.29 is 4.39 Å². The zero-order valence-corrected chi connectivity index (χ0v) is 9.15. The van der Waals surface area contributed by atoms with Crippen molar-refractivity contribution >= 4 is 5.82 Å². The number of likely N-dealkylation sites (N-methyl/N-ethyl adjacent to an activating group) is 1. The number of rotatable bonds is 1. The van der Waals surface area contributed by atoms with Crippen molar-refractivity contribution in [1.29, 1.82) is 0 Å². The molecule has 0 aliphatic carbocycles. The monoisotopic (exact) mass is 209 g/mol. The van der Waals surface area contributed by atoms with Crippen molar-refractivity contribution in [3.8, 4) is 0 Å². The molecule has 15 heavy (non-hydrogen) atoms. The maximum atomic E-state index is 13.0. The van der Waals surface area contributed by atoms with Gasteiger partial charge in [0.1, 0.15) is 5.82 Å². The van der Waals surface area contributed by atoms with Gasteiger partial charge in [-0.1, -0.05) is 6.07 Å². The van der Waals surface area contributed by atoms with Gasteiger partial charge in [-0.25, -0.2) is 4.98 Å². The molecule has 0 amide bonds. The summed E-state index contributed by atoms with van der Waals surface area (Å²) in [5, 5.41) is 0. The van der Waals surface area contributed by atoms with Gasteiger partial charge in [0.2, 0.25) is 5.95 Å². The number of aromatic nitrogens is 1. The molecule has 0 aromatic carbocycles. The number of nitrogens with zero attached hydrogens (tertiary/aromatic N) is 3. The summed E-state index contributed by atoms with van der Waals surface area (Å²) in [5.41, 5.74) is 0.